The quantitative estimate of drug-likeness (QED) is 0.779. The van der Waals surface area contributed by atoms with E-state index in [1.165, 1.54) is 0 Å². The molecule has 106 valence electrons. The van der Waals surface area contributed by atoms with Crippen molar-refractivity contribution < 1.29 is 4.79 Å². The molecule has 0 unspecified atom stereocenters. The molecule has 0 saturated heterocycles. The van der Waals surface area contributed by atoms with Crippen LogP contribution in [-0.4, -0.2) is 10.9 Å². The Morgan fingerprint density at radius 3 is 2.71 bits per heavy atom. The standard InChI is InChI=1S/C16H14N2OS2/c19-15(9-14-7-4-8-20-14)17-10-13-11-21-16(18-13)12-5-2-1-3-6-12/h1-8,11H,9-10H2,(H,17,19). The Kier molecular flexibility index (Phi) is 4.43. The second-order valence-electron chi connectivity index (χ2n) is 4.54. The minimum atomic E-state index is 0.0340. The van der Waals surface area contributed by atoms with Gasteiger partial charge in [-0.25, -0.2) is 4.98 Å². The van der Waals surface area contributed by atoms with Gasteiger partial charge in [0.25, 0.3) is 0 Å². The molecule has 0 bridgehead atoms. The summed E-state index contributed by atoms with van der Waals surface area (Å²) in [6, 6.07) is 14.0. The van der Waals surface area contributed by atoms with Crippen molar-refractivity contribution in [1.29, 1.82) is 0 Å². The monoisotopic (exact) mass is 314 g/mol. The summed E-state index contributed by atoms with van der Waals surface area (Å²) < 4.78 is 0. The third kappa shape index (κ3) is 3.77. The number of nitrogens with one attached hydrogen (secondary N) is 1. The van der Waals surface area contributed by atoms with Crippen LogP contribution in [0, 0.1) is 0 Å². The summed E-state index contributed by atoms with van der Waals surface area (Å²) in [7, 11) is 0. The van der Waals surface area contributed by atoms with E-state index in [9.17, 15) is 4.79 Å². The highest BCUT2D eigenvalue weighted by molar-refractivity contribution is 7.13. The number of hydrogen-bond acceptors (Lipinski definition) is 4. The Morgan fingerprint density at radius 1 is 1.10 bits per heavy atom. The van der Waals surface area contributed by atoms with Crippen molar-refractivity contribution in [2.75, 3.05) is 0 Å². The van der Waals surface area contributed by atoms with Crippen molar-refractivity contribution in [3.63, 3.8) is 0 Å². The maximum absolute atomic E-state index is 11.8. The molecular weight excluding hydrogens is 300 g/mol. The molecule has 0 aliphatic carbocycles. The first-order valence-electron chi connectivity index (χ1n) is 6.60. The van der Waals surface area contributed by atoms with Gasteiger partial charge in [0.1, 0.15) is 5.01 Å². The average Bonchev–Trinajstić information content (AvgIpc) is 3.17. The summed E-state index contributed by atoms with van der Waals surface area (Å²) in [6.07, 6.45) is 0.438. The van der Waals surface area contributed by atoms with Crippen LogP contribution in [-0.2, 0) is 17.8 Å². The second-order valence-corrected chi connectivity index (χ2v) is 6.43. The van der Waals surface area contributed by atoms with Gasteiger partial charge >= 0.3 is 0 Å². The molecule has 0 saturated carbocycles. The number of thiophene rings is 1. The first-order chi connectivity index (χ1) is 10.3. The number of thiazole rings is 1. The van der Waals surface area contributed by atoms with Gasteiger partial charge in [0.15, 0.2) is 0 Å². The van der Waals surface area contributed by atoms with Crippen LogP contribution in [0.4, 0.5) is 0 Å². The molecule has 3 rings (SSSR count). The van der Waals surface area contributed by atoms with Crippen LogP contribution in [0.5, 0.6) is 0 Å². The second kappa shape index (κ2) is 6.65. The van der Waals surface area contributed by atoms with Crippen molar-refractivity contribution in [2.45, 2.75) is 13.0 Å². The molecule has 1 N–H and O–H groups in total. The third-order valence-corrected chi connectivity index (χ3v) is 4.77. The lowest BCUT2D eigenvalue weighted by Gasteiger charge is -2.01. The van der Waals surface area contributed by atoms with Crippen molar-refractivity contribution in [1.82, 2.24) is 10.3 Å². The highest BCUT2D eigenvalue weighted by atomic mass is 32.1. The number of aromatic nitrogens is 1. The molecule has 3 aromatic rings. The fourth-order valence-electron chi connectivity index (χ4n) is 1.92. The molecule has 1 amide bonds. The predicted octanol–water partition coefficient (Wildman–Crippen LogP) is 3.73. The van der Waals surface area contributed by atoms with Gasteiger partial charge in [0, 0.05) is 15.8 Å². The first-order valence-corrected chi connectivity index (χ1v) is 8.36. The van der Waals surface area contributed by atoms with Crippen LogP contribution in [0.3, 0.4) is 0 Å². The summed E-state index contributed by atoms with van der Waals surface area (Å²) >= 11 is 3.20. The number of carbonyl (C=O) groups is 1. The average molecular weight is 314 g/mol. The molecule has 21 heavy (non-hydrogen) atoms. The van der Waals surface area contributed by atoms with Crippen LogP contribution in [0.1, 0.15) is 10.6 Å². The molecule has 1 aromatic carbocycles. The fraction of sp³-hybridized carbons (Fsp3) is 0.125. The largest absolute Gasteiger partial charge is 0.350 e. The zero-order chi connectivity index (χ0) is 14.5. The molecule has 2 heterocycles. The fourth-order valence-corrected chi connectivity index (χ4v) is 3.45. The van der Waals surface area contributed by atoms with Gasteiger partial charge in [0.2, 0.25) is 5.91 Å². The maximum Gasteiger partial charge on any atom is 0.225 e. The van der Waals surface area contributed by atoms with E-state index in [1.807, 2.05) is 53.2 Å². The Morgan fingerprint density at radius 2 is 1.95 bits per heavy atom. The summed E-state index contributed by atoms with van der Waals surface area (Å²) in [6.45, 7) is 0.480. The number of carbonyl (C=O) groups excluding carboxylic acids is 1. The Hall–Kier alpha value is -1.98. The minimum absolute atomic E-state index is 0.0340. The van der Waals surface area contributed by atoms with Crippen LogP contribution in [0.25, 0.3) is 10.6 Å². The van der Waals surface area contributed by atoms with E-state index < -0.39 is 0 Å². The van der Waals surface area contributed by atoms with Gasteiger partial charge in [-0.05, 0) is 11.4 Å². The van der Waals surface area contributed by atoms with Crippen LogP contribution < -0.4 is 5.32 Å². The summed E-state index contributed by atoms with van der Waals surface area (Å²) in [5.74, 6) is 0.0340. The van der Waals surface area contributed by atoms with Gasteiger partial charge < -0.3 is 5.32 Å². The molecule has 5 heteroatoms. The van der Waals surface area contributed by atoms with Crippen LogP contribution in [0.2, 0.25) is 0 Å². The van der Waals surface area contributed by atoms with Crippen LogP contribution >= 0.6 is 22.7 Å². The topological polar surface area (TPSA) is 42.0 Å². The summed E-state index contributed by atoms with van der Waals surface area (Å²) in [5, 5.41) is 7.87. The van der Waals surface area contributed by atoms with E-state index in [2.05, 4.69) is 10.3 Å². The number of hydrogen-bond donors (Lipinski definition) is 1. The normalized spacial score (nSPS) is 10.5. The third-order valence-electron chi connectivity index (χ3n) is 2.95. The lowest BCUT2D eigenvalue weighted by molar-refractivity contribution is -0.120. The predicted molar refractivity (Wildman–Crippen MR) is 87.4 cm³/mol. The van der Waals surface area contributed by atoms with Crippen molar-refractivity contribution in [2.24, 2.45) is 0 Å². The van der Waals surface area contributed by atoms with Gasteiger partial charge in [-0.15, -0.1) is 22.7 Å². The first kappa shape index (κ1) is 14.0. The van der Waals surface area contributed by atoms with E-state index in [4.69, 9.17) is 0 Å². The zero-order valence-corrected chi connectivity index (χ0v) is 12.9. The molecule has 0 aliphatic rings. The highest BCUT2D eigenvalue weighted by Gasteiger charge is 2.07. The van der Waals surface area contributed by atoms with E-state index in [1.54, 1.807) is 22.7 Å². The summed E-state index contributed by atoms with van der Waals surface area (Å²) in [4.78, 5) is 17.5. The highest BCUT2D eigenvalue weighted by Crippen LogP contribution is 2.23. The SMILES string of the molecule is O=C(Cc1cccs1)NCc1csc(-c2ccccc2)n1. The van der Waals surface area contributed by atoms with Crippen LogP contribution in [0.15, 0.2) is 53.2 Å². The zero-order valence-electron chi connectivity index (χ0n) is 11.3. The lowest BCUT2D eigenvalue weighted by Crippen LogP contribution is -2.24. The van der Waals surface area contributed by atoms with Crippen molar-refractivity contribution in [3.05, 3.63) is 63.8 Å². The van der Waals surface area contributed by atoms with E-state index in [-0.39, 0.29) is 5.91 Å². The molecule has 3 nitrogen and oxygen atoms in total. The number of rotatable bonds is 5. The molecule has 0 spiro atoms. The Bertz CT molecular complexity index is 705. The Balaban J connectivity index is 1.56. The smallest absolute Gasteiger partial charge is 0.225 e. The summed E-state index contributed by atoms with van der Waals surface area (Å²) in [5.41, 5.74) is 2.01. The molecular formula is C16H14N2OS2. The molecule has 0 radical (unpaired) electrons. The maximum atomic E-state index is 11.8. The molecule has 0 atom stereocenters. The molecule has 0 fully saturated rings. The van der Waals surface area contributed by atoms with E-state index in [0.717, 1.165) is 21.1 Å². The van der Waals surface area contributed by atoms with E-state index >= 15 is 0 Å². The lowest BCUT2D eigenvalue weighted by atomic mass is 10.2. The van der Waals surface area contributed by atoms with Crippen molar-refractivity contribution >= 4 is 28.6 Å². The number of amides is 1. The van der Waals surface area contributed by atoms with Gasteiger partial charge in [-0.3, -0.25) is 4.79 Å². The molecule has 2 aromatic heterocycles. The molecule has 0 aliphatic heterocycles. The van der Waals surface area contributed by atoms with Gasteiger partial charge in [-0.1, -0.05) is 36.4 Å². The number of nitrogens with zero attached hydrogens (tertiary/aromatic N) is 1. The minimum Gasteiger partial charge on any atom is -0.350 e. The van der Waals surface area contributed by atoms with Crippen molar-refractivity contribution in [3.8, 4) is 10.6 Å². The van der Waals surface area contributed by atoms with Gasteiger partial charge in [-0.2, -0.15) is 0 Å². The van der Waals surface area contributed by atoms with E-state index in [0.29, 0.717) is 13.0 Å². The number of benzene rings is 1. The van der Waals surface area contributed by atoms with Gasteiger partial charge in [0.05, 0.1) is 18.7 Å². The Labute approximate surface area is 131 Å².